The van der Waals surface area contributed by atoms with Gasteiger partial charge in [0.2, 0.25) is 10.0 Å². The Morgan fingerprint density at radius 2 is 1.75 bits per heavy atom. The number of piperidine rings is 1. The van der Waals surface area contributed by atoms with E-state index in [1.165, 1.54) is 0 Å². The van der Waals surface area contributed by atoms with Crippen LogP contribution in [0.25, 0.3) is 0 Å². The van der Waals surface area contributed by atoms with E-state index in [0.717, 1.165) is 42.8 Å². The quantitative estimate of drug-likeness (QED) is 0.880. The van der Waals surface area contributed by atoms with E-state index in [2.05, 4.69) is 10.0 Å². The van der Waals surface area contributed by atoms with Gasteiger partial charge in [0.1, 0.15) is 5.75 Å². The smallest absolute Gasteiger partial charge is 0.240 e. The van der Waals surface area contributed by atoms with Crippen molar-refractivity contribution in [3.63, 3.8) is 0 Å². The molecule has 1 aliphatic rings. The Hall–Kier alpha value is -1.11. The van der Waals surface area contributed by atoms with Gasteiger partial charge in [-0.25, -0.2) is 13.1 Å². The van der Waals surface area contributed by atoms with E-state index in [1.54, 1.807) is 19.2 Å². The maximum Gasteiger partial charge on any atom is 0.240 e. The third-order valence-electron chi connectivity index (χ3n) is 3.61. The van der Waals surface area contributed by atoms with Crippen molar-refractivity contribution in [1.29, 1.82) is 0 Å². The maximum atomic E-state index is 12.4. The Morgan fingerprint density at radius 3 is 2.25 bits per heavy atom. The Balaban J connectivity index is 2.25. The molecular weight excluding hydrogens is 276 g/mol. The van der Waals surface area contributed by atoms with E-state index >= 15 is 0 Å². The molecule has 1 aromatic rings. The van der Waals surface area contributed by atoms with E-state index in [-0.39, 0.29) is 6.04 Å². The predicted octanol–water partition coefficient (Wildman–Crippen LogP) is 1.34. The molecule has 0 amide bonds. The van der Waals surface area contributed by atoms with Crippen LogP contribution in [0, 0.1) is 13.8 Å². The highest BCUT2D eigenvalue weighted by Crippen LogP contribution is 2.26. The van der Waals surface area contributed by atoms with E-state index in [1.807, 2.05) is 13.8 Å². The number of ether oxygens (including phenoxy) is 1. The van der Waals surface area contributed by atoms with E-state index in [9.17, 15) is 8.42 Å². The summed E-state index contributed by atoms with van der Waals surface area (Å²) in [6.45, 7) is 5.42. The predicted molar refractivity (Wildman–Crippen MR) is 78.7 cm³/mol. The summed E-state index contributed by atoms with van der Waals surface area (Å²) in [5.74, 6) is 0.741. The van der Waals surface area contributed by atoms with Gasteiger partial charge in [-0.3, -0.25) is 0 Å². The van der Waals surface area contributed by atoms with Crippen LogP contribution >= 0.6 is 0 Å². The van der Waals surface area contributed by atoms with Crippen molar-refractivity contribution in [2.45, 2.75) is 37.6 Å². The molecule has 2 rings (SSSR count). The SMILES string of the molecule is COc1c(C)cc(S(=O)(=O)NC2CCNCC2)cc1C. The van der Waals surface area contributed by atoms with Crippen LogP contribution < -0.4 is 14.8 Å². The number of aryl methyl sites for hydroxylation is 2. The molecule has 0 atom stereocenters. The van der Waals surface area contributed by atoms with Crippen LogP contribution in [0.15, 0.2) is 17.0 Å². The zero-order valence-corrected chi connectivity index (χ0v) is 13.0. The Bertz CT molecular complexity index is 555. The maximum absolute atomic E-state index is 12.4. The molecule has 0 spiro atoms. The summed E-state index contributed by atoms with van der Waals surface area (Å²) in [4.78, 5) is 0.312. The summed E-state index contributed by atoms with van der Waals surface area (Å²) < 4.78 is 32.9. The second kappa shape index (κ2) is 6.11. The fraction of sp³-hybridized carbons (Fsp3) is 0.571. The van der Waals surface area contributed by atoms with E-state index in [4.69, 9.17) is 4.74 Å². The number of hydrogen-bond acceptors (Lipinski definition) is 4. The van der Waals surface area contributed by atoms with Gasteiger partial charge in [-0.1, -0.05) is 0 Å². The average molecular weight is 298 g/mol. The molecule has 0 saturated carbocycles. The minimum absolute atomic E-state index is 0.0176. The number of sulfonamides is 1. The zero-order chi connectivity index (χ0) is 14.8. The molecule has 1 heterocycles. The van der Waals surface area contributed by atoms with Gasteiger partial charge >= 0.3 is 0 Å². The third kappa shape index (κ3) is 3.31. The monoisotopic (exact) mass is 298 g/mol. The minimum Gasteiger partial charge on any atom is -0.496 e. The molecule has 1 aliphatic heterocycles. The highest BCUT2D eigenvalue weighted by Gasteiger charge is 2.22. The molecular formula is C14H22N2O3S. The standard InChI is InChI=1S/C14H22N2O3S/c1-10-8-13(9-11(2)14(10)19-3)20(17,18)16-12-4-6-15-7-5-12/h8-9,12,15-16H,4-7H2,1-3H3. The Kier molecular flexibility index (Phi) is 4.67. The first-order chi connectivity index (χ1) is 9.44. The molecule has 5 nitrogen and oxygen atoms in total. The second-order valence-corrected chi connectivity index (χ2v) is 6.95. The Morgan fingerprint density at radius 1 is 1.20 bits per heavy atom. The summed E-state index contributed by atoms with van der Waals surface area (Å²) in [5, 5.41) is 3.22. The third-order valence-corrected chi connectivity index (χ3v) is 5.11. The summed E-state index contributed by atoms with van der Waals surface area (Å²) >= 11 is 0. The minimum atomic E-state index is -3.46. The molecule has 112 valence electrons. The number of hydrogen-bond donors (Lipinski definition) is 2. The highest BCUT2D eigenvalue weighted by molar-refractivity contribution is 7.89. The molecule has 0 bridgehead atoms. The molecule has 1 fully saturated rings. The molecule has 2 N–H and O–H groups in total. The zero-order valence-electron chi connectivity index (χ0n) is 12.2. The number of rotatable bonds is 4. The summed E-state index contributed by atoms with van der Waals surface area (Å²) in [6.07, 6.45) is 1.65. The lowest BCUT2D eigenvalue weighted by atomic mass is 10.1. The normalized spacial score (nSPS) is 17.1. The van der Waals surface area contributed by atoms with Gasteiger partial charge < -0.3 is 10.1 Å². The van der Waals surface area contributed by atoms with E-state index < -0.39 is 10.0 Å². The molecule has 1 saturated heterocycles. The van der Waals surface area contributed by atoms with Gasteiger partial charge in [-0.15, -0.1) is 0 Å². The van der Waals surface area contributed by atoms with Gasteiger partial charge in [0.05, 0.1) is 12.0 Å². The number of nitrogens with one attached hydrogen (secondary N) is 2. The van der Waals surface area contributed by atoms with Gasteiger partial charge in [-0.2, -0.15) is 0 Å². The van der Waals surface area contributed by atoms with Crippen molar-refractivity contribution >= 4 is 10.0 Å². The van der Waals surface area contributed by atoms with Crippen molar-refractivity contribution in [2.24, 2.45) is 0 Å². The molecule has 0 radical (unpaired) electrons. The van der Waals surface area contributed by atoms with Crippen LogP contribution in [0.3, 0.4) is 0 Å². The van der Waals surface area contributed by atoms with Crippen molar-refractivity contribution in [2.75, 3.05) is 20.2 Å². The summed E-state index contributed by atoms with van der Waals surface area (Å²) in [6, 6.07) is 3.34. The summed E-state index contributed by atoms with van der Waals surface area (Å²) in [5.41, 5.74) is 1.66. The molecule has 6 heteroatoms. The first kappa shape index (κ1) is 15.3. The lowest BCUT2D eigenvalue weighted by molar-refractivity contribution is 0.408. The van der Waals surface area contributed by atoms with Crippen molar-refractivity contribution in [3.8, 4) is 5.75 Å². The fourth-order valence-electron chi connectivity index (χ4n) is 2.61. The first-order valence-corrected chi connectivity index (χ1v) is 8.30. The van der Waals surface area contributed by atoms with E-state index in [0.29, 0.717) is 4.90 Å². The van der Waals surface area contributed by atoms with Crippen molar-refractivity contribution < 1.29 is 13.2 Å². The molecule has 0 aliphatic carbocycles. The van der Waals surface area contributed by atoms with Gasteiger partial charge in [-0.05, 0) is 63.0 Å². The van der Waals surface area contributed by atoms with Gasteiger partial charge in [0.15, 0.2) is 0 Å². The van der Waals surface area contributed by atoms with Gasteiger partial charge in [0, 0.05) is 6.04 Å². The fourth-order valence-corrected chi connectivity index (χ4v) is 4.09. The van der Waals surface area contributed by atoms with Crippen LogP contribution in [0.2, 0.25) is 0 Å². The molecule has 0 unspecified atom stereocenters. The molecule has 0 aromatic heterocycles. The van der Waals surface area contributed by atoms with Crippen molar-refractivity contribution in [3.05, 3.63) is 23.3 Å². The summed E-state index contributed by atoms with van der Waals surface area (Å²) in [7, 11) is -1.87. The number of benzene rings is 1. The average Bonchev–Trinajstić information content (AvgIpc) is 2.39. The Labute approximate surface area is 120 Å². The number of methoxy groups -OCH3 is 1. The molecule has 1 aromatic carbocycles. The van der Waals surface area contributed by atoms with Crippen LogP contribution in [-0.4, -0.2) is 34.7 Å². The lowest BCUT2D eigenvalue weighted by Crippen LogP contribution is -2.42. The lowest BCUT2D eigenvalue weighted by Gasteiger charge is -2.23. The molecule has 20 heavy (non-hydrogen) atoms. The second-order valence-electron chi connectivity index (χ2n) is 5.24. The van der Waals surface area contributed by atoms with Crippen LogP contribution in [0.4, 0.5) is 0 Å². The van der Waals surface area contributed by atoms with Crippen LogP contribution in [0.5, 0.6) is 5.75 Å². The largest absolute Gasteiger partial charge is 0.496 e. The topological polar surface area (TPSA) is 67.4 Å². The first-order valence-electron chi connectivity index (χ1n) is 6.82. The highest BCUT2D eigenvalue weighted by atomic mass is 32.2. The van der Waals surface area contributed by atoms with Crippen LogP contribution in [-0.2, 0) is 10.0 Å². The van der Waals surface area contributed by atoms with Crippen molar-refractivity contribution in [1.82, 2.24) is 10.0 Å². The van der Waals surface area contributed by atoms with Crippen LogP contribution in [0.1, 0.15) is 24.0 Å². The van der Waals surface area contributed by atoms with Gasteiger partial charge in [0.25, 0.3) is 0 Å².